The fraction of sp³-hybridized carbons (Fsp3) is 0.227. The molecule has 28 heavy (non-hydrogen) atoms. The van der Waals surface area contributed by atoms with Gasteiger partial charge >= 0.3 is 5.97 Å². The molecule has 1 aliphatic heterocycles. The summed E-state index contributed by atoms with van der Waals surface area (Å²) in [6, 6.07) is 13.2. The number of aromatic nitrogens is 2. The topological polar surface area (TPSA) is 73.2 Å². The number of amides is 1. The molecule has 2 aromatic carbocycles. The highest BCUT2D eigenvalue weighted by molar-refractivity contribution is 5.95. The maximum Gasteiger partial charge on any atom is 0.337 e. The summed E-state index contributed by atoms with van der Waals surface area (Å²) in [5.41, 5.74) is 5.64. The third kappa shape index (κ3) is 2.97. The zero-order valence-corrected chi connectivity index (χ0v) is 16.0. The summed E-state index contributed by atoms with van der Waals surface area (Å²) in [7, 11) is 1.36. The highest BCUT2D eigenvalue weighted by Crippen LogP contribution is 2.38. The Bertz CT molecular complexity index is 1070. The zero-order chi connectivity index (χ0) is 19.8. The lowest BCUT2D eigenvalue weighted by Crippen LogP contribution is -2.24. The molecule has 1 aliphatic rings. The van der Waals surface area contributed by atoms with E-state index in [1.54, 1.807) is 16.8 Å². The van der Waals surface area contributed by atoms with Crippen LogP contribution in [0.1, 0.15) is 45.0 Å². The van der Waals surface area contributed by atoms with Crippen LogP contribution in [0.3, 0.4) is 0 Å². The summed E-state index contributed by atoms with van der Waals surface area (Å²) in [5.74, 6) is 0.152. The van der Waals surface area contributed by atoms with Crippen molar-refractivity contribution in [2.45, 2.75) is 26.2 Å². The average molecular weight is 375 g/mol. The Kier molecular flexibility index (Phi) is 4.47. The summed E-state index contributed by atoms with van der Waals surface area (Å²) < 4.78 is 6.55. The second-order valence-electron chi connectivity index (χ2n) is 7.00. The van der Waals surface area contributed by atoms with E-state index in [1.807, 2.05) is 37.4 Å². The van der Waals surface area contributed by atoms with Crippen molar-refractivity contribution in [1.29, 1.82) is 0 Å². The van der Waals surface area contributed by atoms with Gasteiger partial charge in [-0.05, 0) is 48.7 Å². The number of nitrogens with one attached hydrogen (secondary N) is 1. The third-order valence-electron chi connectivity index (χ3n) is 5.36. The number of fused-ring (bicyclic) bond motifs is 1. The van der Waals surface area contributed by atoms with E-state index in [0.717, 1.165) is 22.4 Å². The molecule has 4 rings (SSSR count). The molecule has 1 amide bonds. The Balaban J connectivity index is 1.77. The van der Waals surface area contributed by atoms with Gasteiger partial charge in [0.1, 0.15) is 5.82 Å². The molecule has 1 aromatic heterocycles. The number of anilines is 1. The zero-order valence-electron chi connectivity index (χ0n) is 16.0. The first kappa shape index (κ1) is 18.0. The molecule has 6 heteroatoms. The SMILES string of the molecule is COC(=O)c1ccc(C2CC(=O)Nc3c2cnn3-c2cccc(C)c2C)cc1. The number of carbonyl (C=O) groups excluding carboxylic acids is 2. The average Bonchev–Trinajstić information content (AvgIpc) is 3.12. The van der Waals surface area contributed by atoms with Crippen LogP contribution in [0.25, 0.3) is 5.69 Å². The molecule has 0 saturated carbocycles. The van der Waals surface area contributed by atoms with Crippen molar-refractivity contribution in [2.24, 2.45) is 0 Å². The number of rotatable bonds is 3. The molecule has 1 N–H and O–H groups in total. The molecule has 142 valence electrons. The van der Waals surface area contributed by atoms with Crippen molar-refractivity contribution >= 4 is 17.7 Å². The summed E-state index contributed by atoms with van der Waals surface area (Å²) in [6.45, 7) is 4.10. The number of esters is 1. The van der Waals surface area contributed by atoms with Crippen LogP contribution in [0.5, 0.6) is 0 Å². The normalized spacial score (nSPS) is 15.7. The largest absolute Gasteiger partial charge is 0.465 e. The second-order valence-corrected chi connectivity index (χ2v) is 7.00. The number of ether oxygens (including phenoxy) is 1. The molecule has 0 bridgehead atoms. The number of hydrogen-bond acceptors (Lipinski definition) is 4. The predicted molar refractivity (Wildman–Crippen MR) is 106 cm³/mol. The Labute approximate surface area is 163 Å². The van der Waals surface area contributed by atoms with Crippen LogP contribution in [-0.2, 0) is 9.53 Å². The first-order valence-electron chi connectivity index (χ1n) is 9.12. The van der Waals surface area contributed by atoms with Crippen molar-refractivity contribution in [3.8, 4) is 5.69 Å². The van der Waals surface area contributed by atoms with E-state index < -0.39 is 0 Å². The minimum atomic E-state index is -0.378. The van der Waals surface area contributed by atoms with Gasteiger partial charge in [0.05, 0.1) is 24.6 Å². The number of carbonyl (C=O) groups is 2. The van der Waals surface area contributed by atoms with E-state index in [0.29, 0.717) is 17.8 Å². The Morgan fingerprint density at radius 1 is 1.18 bits per heavy atom. The van der Waals surface area contributed by atoms with Crippen LogP contribution in [0.2, 0.25) is 0 Å². The number of aryl methyl sites for hydroxylation is 1. The molecule has 0 saturated heterocycles. The molecule has 1 atom stereocenters. The van der Waals surface area contributed by atoms with Gasteiger partial charge in [-0.2, -0.15) is 5.10 Å². The molecular formula is C22H21N3O3. The van der Waals surface area contributed by atoms with E-state index in [2.05, 4.69) is 23.4 Å². The van der Waals surface area contributed by atoms with E-state index >= 15 is 0 Å². The van der Waals surface area contributed by atoms with Crippen molar-refractivity contribution in [1.82, 2.24) is 9.78 Å². The molecule has 2 heterocycles. The molecular weight excluding hydrogens is 354 g/mol. The molecule has 6 nitrogen and oxygen atoms in total. The van der Waals surface area contributed by atoms with Gasteiger partial charge in [0, 0.05) is 17.9 Å². The van der Waals surface area contributed by atoms with Crippen LogP contribution in [0.15, 0.2) is 48.7 Å². The molecule has 0 spiro atoms. The van der Waals surface area contributed by atoms with Gasteiger partial charge in [0.25, 0.3) is 0 Å². The van der Waals surface area contributed by atoms with Crippen LogP contribution in [0.4, 0.5) is 5.82 Å². The van der Waals surface area contributed by atoms with Crippen molar-refractivity contribution in [3.63, 3.8) is 0 Å². The summed E-state index contributed by atoms with van der Waals surface area (Å²) in [6.07, 6.45) is 2.15. The minimum Gasteiger partial charge on any atom is -0.465 e. The van der Waals surface area contributed by atoms with Gasteiger partial charge in [-0.1, -0.05) is 24.3 Å². The van der Waals surface area contributed by atoms with Gasteiger partial charge in [-0.15, -0.1) is 0 Å². The van der Waals surface area contributed by atoms with E-state index in [-0.39, 0.29) is 17.8 Å². The van der Waals surface area contributed by atoms with E-state index in [1.165, 1.54) is 12.7 Å². The number of benzene rings is 2. The highest BCUT2D eigenvalue weighted by Gasteiger charge is 2.30. The van der Waals surface area contributed by atoms with E-state index in [4.69, 9.17) is 4.74 Å². The lowest BCUT2D eigenvalue weighted by atomic mass is 9.87. The van der Waals surface area contributed by atoms with Crippen molar-refractivity contribution in [2.75, 3.05) is 12.4 Å². The molecule has 1 unspecified atom stereocenters. The van der Waals surface area contributed by atoms with Crippen molar-refractivity contribution < 1.29 is 14.3 Å². The summed E-state index contributed by atoms with van der Waals surface area (Å²) in [4.78, 5) is 24.1. The molecule has 0 aliphatic carbocycles. The van der Waals surface area contributed by atoms with Gasteiger partial charge < -0.3 is 10.1 Å². The number of nitrogens with zero attached hydrogens (tertiary/aromatic N) is 2. The number of hydrogen-bond donors (Lipinski definition) is 1. The summed E-state index contributed by atoms with van der Waals surface area (Å²) >= 11 is 0. The van der Waals surface area contributed by atoms with Crippen molar-refractivity contribution in [3.05, 3.63) is 76.5 Å². The first-order valence-corrected chi connectivity index (χ1v) is 9.12. The van der Waals surface area contributed by atoms with Gasteiger partial charge in [0.2, 0.25) is 5.91 Å². The number of methoxy groups -OCH3 is 1. The minimum absolute atomic E-state index is 0.0541. The fourth-order valence-corrected chi connectivity index (χ4v) is 3.63. The molecule has 0 radical (unpaired) electrons. The van der Waals surface area contributed by atoms with Crippen LogP contribution in [-0.4, -0.2) is 28.8 Å². The fourth-order valence-electron chi connectivity index (χ4n) is 3.63. The lowest BCUT2D eigenvalue weighted by Gasteiger charge is -2.24. The monoisotopic (exact) mass is 375 g/mol. The smallest absolute Gasteiger partial charge is 0.337 e. The van der Waals surface area contributed by atoms with Crippen LogP contribution in [0, 0.1) is 13.8 Å². The molecule has 3 aromatic rings. The summed E-state index contributed by atoms with van der Waals surface area (Å²) in [5, 5.41) is 7.55. The maximum absolute atomic E-state index is 12.4. The molecule has 0 fully saturated rings. The standard InChI is InChI=1S/C22H21N3O3/c1-13-5-4-6-19(14(13)2)25-21-18(12-23-25)17(11-20(26)24-21)15-7-9-16(10-8-15)22(27)28-3/h4-10,12,17H,11H2,1-3H3,(H,24,26). The van der Waals surface area contributed by atoms with Gasteiger partial charge in [-0.3, -0.25) is 4.79 Å². The van der Waals surface area contributed by atoms with Crippen LogP contribution >= 0.6 is 0 Å². The second kappa shape index (κ2) is 6.96. The first-order chi connectivity index (χ1) is 13.5. The van der Waals surface area contributed by atoms with Crippen LogP contribution < -0.4 is 5.32 Å². The van der Waals surface area contributed by atoms with E-state index in [9.17, 15) is 9.59 Å². The highest BCUT2D eigenvalue weighted by atomic mass is 16.5. The Hall–Kier alpha value is -3.41. The predicted octanol–water partition coefficient (Wildman–Crippen LogP) is 3.75. The third-order valence-corrected chi connectivity index (χ3v) is 5.36. The van der Waals surface area contributed by atoms with Gasteiger partial charge in [-0.25, -0.2) is 9.48 Å². The van der Waals surface area contributed by atoms with Gasteiger partial charge in [0.15, 0.2) is 0 Å². The lowest BCUT2D eigenvalue weighted by molar-refractivity contribution is -0.116. The maximum atomic E-state index is 12.4. The Morgan fingerprint density at radius 2 is 1.93 bits per heavy atom. The quantitative estimate of drug-likeness (QED) is 0.708. The Morgan fingerprint density at radius 3 is 2.64 bits per heavy atom.